The Kier molecular flexibility index (Phi) is 5.10. The van der Waals surface area contributed by atoms with Crippen molar-refractivity contribution in [3.63, 3.8) is 0 Å². The van der Waals surface area contributed by atoms with E-state index in [4.69, 9.17) is 5.73 Å². The zero-order chi connectivity index (χ0) is 9.97. The Morgan fingerprint density at radius 1 is 1.33 bits per heavy atom. The summed E-state index contributed by atoms with van der Waals surface area (Å²) in [6.07, 6.45) is 6.83. The highest BCUT2D eigenvalue weighted by molar-refractivity contribution is 7.10. The van der Waals surface area contributed by atoms with Gasteiger partial charge in [0.1, 0.15) is 0 Å². The molecule has 86 valence electrons. The molecule has 1 saturated carbocycles. The van der Waals surface area contributed by atoms with E-state index in [9.17, 15) is 0 Å². The average Bonchev–Trinajstić information content (AvgIpc) is 2.65. The maximum atomic E-state index is 6.33. The summed E-state index contributed by atoms with van der Waals surface area (Å²) in [7, 11) is 0. The molecule has 1 unspecified atom stereocenters. The van der Waals surface area contributed by atoms with Gasteiger partial charge in [0.25, 0.3) is 0 Å². The predicted octanol–water partition coefficient (Wildman–Crippen LogP) is 4.06. The van der Waals surface area contributed by atoms with Crippen molar-refractivity contribution in [3.8, 4) is 0 Å². The number of rotatable bonds is 2. The van der Waals surface area contributed by atoms with Gasteiger partial charge in [0.15, 0.2) is 0 Å². The third kappa shape index (κ3) is 2.96. The molecule has 1 heterocycles. The van der Waals surface area contributed by atoms with Gasteiger partial charge in [-0.1, -0.05) is 19.3 Å². The molecular formula is C12H20ClNS. The molecule has 1 nitrogen and oxygen atoms in total. The Morgan fingerprint density at radius 3 is 2.53 bits per heavy atom. The van der Waals surface area contributed by atoms with Crippen molar-refractivity contribution in [3.05, 3.63) is 21.9 Å². The van der Waals surface area contributed by atoms with Crippen LogP contribution in [0.4, 0.5) is 0 Å². The zero-order valence-corrected chi connectivity index (χ0v) is 10.9. The number of nitrogens with two attached hydrogens (primary N) is 1. The van der Waals surface area contributed by atoms with Gasteiger partial charge in [0.05, 0.1) is 0 Å². The largest absolute Gasteiger partial charge is 0.323 e. The van der Waals surface area contributed by atoms with Crippen molar-refractivity contribution < 1.29 is 0 Å². The quantitative estimate of drug-likeness (QED) is 0.836. The molecule has 0 amide bonds. The van der Waals surface area contributed by atoms with E-state index >= 15 is 0 Å². The molecule has 0 aliphatic heterocycles. The first-order valence-corrected chi connectivity index (χ1v) is 6.46. The zero-order valence-electron chi connectivity index (χ0n) is 9.24. The number of thiophene rings is 1. The van der Waals surface area contributed by atoms with E-state index in [2.05, 4.69) is 18.4 Å². The van der Waals surface area contributed by atoms with Gasteiger partial charge < -0.3 is 5.73 Å². The first-order chi connectivity index (χ1) is 6.79. The van der Waals surface area contributed by atoms with Gasteiger partial charge in [0, 0.05) is 10.9 Å². The predicted molar refractivity (Wildman–Crippen MR) is 69.8 cm³/mol. The van der Waals surface area contributed by atoms with Crippen molar-refractivity contribution in [1.29, 1.82) is 0 Å². The minimum absolute atomic E-state index is 0. The highest BCUT2D eigenvalue weighted by atomic mass is 35.5. The fourth-order valence-electron chi connectivity index (χ4n) is 2.43. The molecule has 0 bridgehead atoms. The van der Waals surface area contributed by atoms with Gasteiger partial charge in [-0.3, -0.25) is 0 Å². The second kappa shape index (κ2) is 5.88. The Balaban J connectivity index is 0.00000112. The van der Waals surface area contributed by atoms with Gasteiger partial charge in [-0.25, -0.2) is 0 Å². The van der Waals surface area contributed by atoms with E-state index < -0.39 is 0 Å². The van der Waals surface area contributed by atoms with Crippen molar-refractivity contribution in [2.75, 3.05) is 0 Å². The van der Waals surface area contributed by atoms with E-state index in [0.717, 1.165) is 5.92 Å². The van der Waals surface area contributed by atoms with Crippen LogP contribution in [0.15, 0.2) is 11.4 Å². The average molecular weight is 246 g/mol. The minimum atomic E-state index is 0. The van der Waals surface area contributed by atoms with E-state index in [1.807, 2.05) is 11.3 Å². The molecule has 2 rings (SSSR count). The molecule has 0 radical (unpaired) electrons. The van der Waals surface area contributed by atoms with E-state index in [1.165, 1.54) is 42.5 Å². The molecule has 1 aromatic rings. The molecule has 1 aromatic heterocycles. The number of hydrogen-bond acceptors (Lipinski definition) is 2. The summed E-state index contributed by atoms with van der Waals surface area (Å²) >= 11 is 1.83. The standard InChI is InChI=1S/C12H19NS.ClH/c1-9-7-8-14-12(9)11(13)10-5-3-2-4-6-10;/h7-8,10-11H,2-6,13H2,1H3;1H. The number of hydrogen-bond donors (Lipinski definition) is 1. The number of halogens is 1. The lowest BCUT2D eigenvalue weighted by molar-refractivity contribution is 0.310. The summed E-state index contributed by atoms with van der Waals surface area (Å²) in [6, 6.07) is 2.48. The normalized spacial score (nSPS) is 19.6. The summed E-state index contributed by atoms with van der Waals surface area (Å²) in [5.41, 5.74) is 7.71. The molecular weight excluding hydrogens is 226 g/mol. The van der Waals surface area contributed by atoms with Crippen LogP contribution in [-0.2, 0) is 0 Å². The number of aryl methyl sites for hydroxylation is 1. The summed E-state index contributed by atoms with van der Waals surface area (Å²) in [4.78, 5) is 1.41. The molecule has 1 atom stereocenters. The second-order valence-corrected chi connectivity index (χ2v) is 5.34. The summed E-state index contributed by atoms with van der Waals surface area (Å²) in [5, 5.41) is 2.16. The lowest BCUT2D eigenvalue weighted by Crippen LogP contribution is -2.23. The van der Waals surface area contributed by atoms with Crippen LogP contribution in [0.25, 0.3) is 0 Å². The Morgan fingerprint density at radius 2 is 2.00 bits per heavy atom. The highest BCUT2D eigenvalue weighted by Gasteiger charge is 2.23. The third-order valence-corrected chi connectivity index (χ3v) is 4.48. The van der Waals surface area contributed by atoms with Crippen LogP contribution in [0.2, 0.25) is 0 Å². The molecule has 1 aliphatic rings. The smallest absolute Gasteiger partial charge is 0.0421 e. The van der Waals surface area contributed by atoms with Crippen LogP contribution in [0.3, 0.4) is 0 Å². The topological polar surface area (TPSA) is 26.0 Å². The Labute approximate surface area is 102 Å². The van der Waals surface area contributed by atoms with E-state index in [-0.39, 0.29) is 12.4 Å². The van der Waals surface area contributed by atoms with Crippen molar-refractivity contribution in [1.82, 2.24) is 0 Å². The van der Waals surface area contributed by atoms with Crippen LogP contribution < -0.4 is 5.73 Å². The van der Waals surface area contributed by atoms with Gasteiger partial charge in [-0.2, -0.15) is 0 Å². The molecule has 1 aliphatic carbocycles. The summed E-state index contributed by atoms with van der Waals surface area (Å²) in [6.45, 7) is 2.18. The third-order valence-electron chi connectivity index (χ3n) is 3.36. The first kappa shape index (κ1) is 13.0. The lowest BCUT2D eigenvalue weighted by Gasteiger charge is -2.27. The highest BCUT2D eigenvalue weighted by Crippen LogP contribution is 2.35. The first-order valence-electron chi connectivity index (χ1n) is 5.58. The van der Waals surface area contributed by atoms with Gasteiger partial charge >= 0.3 is 0 Å². The SMILES string of the molecule is Cc1ccsc1C(N)C1CCCCC1.Cl. The second-order valence-electron chi connectivity index (χ2n) is 4.39. The van der Waals surface area contributed by atoms with Crippen molar-refractivity contribution in [2.45, 2.75) is 45.1 Å². The maximum absolute atomic E-state index is 6.33. The van der Waals surface area contributed by atoms with Crippen LogP contribution in [0, 0.1) is 12.8 Å². The lowest BCUT2D eigenvalue weighted by atomic mass is 9.83. The maximum Gasteiger partial charge on any atom is 0.0421 e. The van der Waals surface area contributed by atoms with Crippen LogP contribution >= 0.6 is 23.7 Å². The van der Waals surface area contributed by atoms with Crippen molar-refractivity contribution in [2.24, 2.45) is 11.7 Å². The van der Waals surface area contributed by atoms with Crippen LogP contribution in [-0.4, -0.2) is 0 Å². The summed E-state index contributed by atoms with van der Waals surface area (Å²) < 4.78 is 0. The monoisotopic (exact) mass is 245 g/mol. The fourth-order valence-corrected chi connectivity index (χ4v) is 3.46. The molecule has 15 heavy (non-hydrogen) atoms. The fraction of sp³-hybridized carbons (Fsp3) is 0.667. The van der Waals surface area contributed by atoms with Gasteiger partial charge in [-0.15, -0.1) is 23.7 Å². The molecule has 0 saturated heterocycles. The summed E-state index contributed by atoms with van der Waals surface area (Å²) in [5.74, 6) is 0.737. The Bertz CT molecular complexity index is 292. The molecule has 3 heteroatoms. The molecule has 0 spiro atoms. The molecule has 0 aromatic carbocycles. The van der Waals surface area contributed by atoms with Crippen molar-refractivity contribution >= 4 is 23.7 Å². The van der Waals surface area contributed by atoms with E-state index in [0.29, 0.717) is 6.04 Å². The van der Waals surface area contributed by atoms with Crippen LogP contribution in [0.1, 0.15) is 48.6 Å². The molecule has 1 fully saturated rings. The molecule has 2 N–H and O–H groups in total. The van der Waals surface area contributed by atoms with Crippen LogP contribution in [0.5, 0.6) is 0 Å². The van der Waals surface area contributed by atoms with Gasteiger partial charge in [-0.05, 0) is 42.7 Å². The minimum Gasteiger partial charge on any atom is -0.323 e. The van der Waals surface area contributed by atoms with Gasteiger partial charge in [0.2, 0.25) is 0 Å². The Hall–Kier alpha value is -0.0500. The van der Waals surface area contributed by atoms with E-state index in [1.54, 1.807) is 0 Å².